The molecule has 2 aromatic carbocycles. The van der Waals surface area contributed by atoms with Crippen molar-refractivity contribution >= 4 is 11.7 Å². The van der Waals surface area contributed by atoms with Crippen LogP contribution in [-0.4, -0.2) is 16.0 Å². The molecule has 120 valence electrons. The Labute approximate surface area is 138 Å². The molecule has 0 saturated heterocycles. The molecule has 3 rings (SSSR count). The second-order valence-corrected chi connectivity index (χ2v) is 5.39. The molecule has 0 aliphatic rings. The standard InChI is InChI=1S/C19H15FN2O2/c1-12-4-6-13(7-5-12)14-8-9-15(16(20)11-14)19(24)22-18-17(23)3-2-10-21-18/h2-11,23H,1H3,(H,21,22,24). The molecular weight excluding hydrogens is 307 g/mol. The maximum Gasteiger partial charge on any atom is 0.259 e. The second-order valence-electron chi connectivity index (χ2n) is 5.39. The Hall–Kier alpha value is -3.21. The van der Waals surface area contributed by atoms with Crippen LogP contribution in [0.15, 0.2) is 60.8 Å². The van der Waals surface area contributed by atoms with E-state index in [0.717, 1.165) is 11.1 Å². The topological polar surface area (TPSA) is 62.2 Å². The Morgan fingerprint density at radius 2 is 1.79 bits per heavy atom. The minimum Gasteiger partial charge on any atom is -0.504 e. The van der Waals surface area contributed by atoms with Crippen LogP contribution in [0.5, 0.6) is 5.75 Å². The third-order valence-electron chi connectivity index (χ3n) is 3.62. The van der Waals surface area contributed by atoms with Crippen LogP contribution in [-0.2, 0) is 0 Å². The highest BCUT2D eigenvalue weighted by molar-refractivity contribution is 6.04. The number of carbonyl (C=O) groups is 1. The van der Waals surface area contributed by atoms with Gasteiger partial charge < -0.3 is 10.4 Å². The van der Waals surface area contributed by atoms with Gasteiger partial charge in [0.1, 0.15) is 5.82 Å². The van der Waals surface area contributed by atoms with Gasteiger partial charge in [-0.05, 0) is 42.3 Å². The third-order valence-corrected chi connectivity index (χ3v) is 3.62. The van der Waals surface area contributed by atoms with Gasteiger partial charge in [0.2, 0.25) is 0 Å². The van der Waals surface area contributed by atoms with Gasteiger partial charge in [-0.15, -0.1) is 0 Å². The summed E-state index contributed by atoms with van der Waals surface area (Å²) in [6, 6.07) is 15.0. The highest BCUT2D eigenvalue weighted by Crippen LogP contribution is 2.24. The lowest BCUT2D eigenvalue weighted by atomic mass is 10.0. The van der Waals surface area contributed by atoms with Crippen molar-refractivity contribution in [2.24, 2.45) is 0 Å². The molecule has 0 unspecified atom stereocenters. The van der Waals surface area contributed by atoms with Gasteiger partial charge in [0.05, 0.1) is 5.56 Å². The molecule has 0 atom stereocenters. The van der Waals surface area contributed by atoms with Gasteiger partial charge in [-0.1, -0.05) is 35.9 Å². The Balaban J connectivity index is 1.86. The number of nitrogens with one attached hydrogen (secondary N) is 1. The van der Waals surface area contributed by atoms with Gasteiger partial charge >= 0.3 is 0 Å². The zero-order valence-electron chi connectivity index (χ0n) is 13.0. The van der Waals surface area contributed by atoms with E-state index in [2.05, 4.69) is 10.3 Å². The monoisotopic (exact) mass is 322 g/mol. The van der Waals surface area contributed by atoms with E-state index in [1.54, 1.807) is 6.07 Å². The number of benzene rings is 2. The fourth-order valence-electron chi connectivity index (χ4n) is 2.29. The average molecular weight is 322 g/mol. The van der Waals surface area contributed by atoms with E-state index in [-0.39, 0.29) is 17.1 Å². The van der Waals surface area contributed by atoms with E-state index in [4.69, 9.17) is 0 Å². The van der Waals surface area contributed by atoms with Crippen LogP contribution in [0.3, 0.4) is 0 Å². The first-order valence-electron chi connectivity index (χ1n) is 7.36. The third kappa shape index (κ3) is 3.25. The molecule has 0 saturated carbocycles. The fraction of sp³-hybridized carbons (Fsp3) is 0.0526. The van der Waals surface area contributed by atoms with Gasteiger partial charge in [0, 0.05) is 6.20 Å². The van der Waals surface area contributed by atoms with Crippen LogP contribution in [0, 0.1) is 12.7 Å². The van der Waals surface area contributed by atoms with Crippen molar-refractivity contribution in [2.75, 3.05) is 5.32 Å². The zero-order chi connectivity index (χ0) is 17.1. The smallest absolute Gasteiger partial charge is 0.259 e. The van der Waals surface area contributed by atoms with E-state index in [0.29, 0.717) is 5.56 Å². The number of pyridine rings is 1. The van der Waals surface area contributed by atoms with E-state index in [1.165, 1.54) is 30.5 Å². The Morgan fingerprint density at radius 1 is 1.08 bits per heavy atom. The normalized spacial score (nSPS) is 10.4. The number of nitrogens with zero attached hydrogens (tertiary/aromatic N) is 1. The molecule has 1 amide bonds. The number of carbonyl (C=O) groups excluding carboxylic acids is 1. The van der Waals surface area contributed by atoms with E-state index in [9.17, 15) is 14.3 Å². The second kappa shape index (κ2) is 6.50. The molecule has 0 spiro atoms. The van der Waals surface area contributed by atoms with E-state index in [1.807, 2.05) is 31.2 Å². The summed E-state index contributed by atoms with van der Waals surface area (Å²) in [6.45, 7) is 1.98. The number of rotatable bonds is 3. The number of aromatic nitrogens is 1. The lowest BCUT2D eigenvalue weighted by molar-refractivity contribution is 0.102. The summed E-state index contributed by atoms with van der Waals surface area (Å²) >= 11 is 0. The molecule has 0 bridgehead atoms. The Bertz CT molecular complexity index is 892. The van der Waals surface area contributed by atoms with Crippen molar-refractivity contribution in [3.05, 3.63) is 77.7 Å². The summed E-state index contributed by atoms with van der Waals surface area (Å²) in [5, 5.41) is 12.0. The van der Waals surface area contributed by atoms with Crippen LogP contribution >= 0.6 is 0 Å². The van der Waals surface area contributed by atoms with E-state index < -0.39 is 11.7 Å². The number of hydrogen-bond donors (Lipinski definition) is 2. The van der Waals surface area contributed by atoms with Crippen LogP contribution in [0.1, 0.15) is 15.9 Å². The van der Waals surface area contributed by atoms with Gasteiger partial charge in [-0.3, -0.25) is 4.79 Å². The van der Waals surface area contributed by atoms with Crippen molar-refractivity contribution in [1.29, 1.82) is 0 Å². The molecule has 3 aromatic rings. The van der Waals surface area contributed by atoms with Gasteiger partial charge in [0.15, 0.2) is 11.6 Å². The van der Waals surface area contributed by atoms with Crippen LogP contribution < -0.4 is 5.32 Å². The molecule has 1 aromatic heterocycles. The molecule has 24 heavy (non-hydrogen) atoms. The predicted molar refractivity (Wildman–Crippen MR) is 90.4 cm³/mol. The van der Waals surface area contributed by atoms with Crippen molar-refractivity contribution in [2.45, 2.75) is 6.92 Å². The van der Waals surface area contributed by atoms with Crippen LogP contribution in [0.4, 0.5) is 10.2 Å². The molecule has 0 radical (unpaired) electrons. The van der Waals surface area contributed by atoms with Gasteiger partial charge in [0.25, 0.3) is 5.91 Å². The maximum absolute atomic E-state index is 14.3. The summed E-state index contributed by atoms with van der Waals surface area (Å²) in [4.78, 5) is 16.0. The Kier molecular flexibility index (Phi) is 4.24. The maximum atomic E-state index is 14.3. The molecule has 0 aliphatic carbocycles. The van der Waals surface area contributed by atoms with E-state index >= 15 is 0 Å². The quantitative estimate of drug-likeness (QED) is 0.761. The minimum absolute atomic E-state index is 0.00971. The number of aryl methyl sites for hydroxylation is 1. The minimum atomic E-state index is -0.669. The summed E-state index contributed by atoms with van der Waals surface area (Å²) in [6.07, 6.45) is 1.42. The number of hydrogen-bond acceptors (Lipinski definition) is 3. The van der Waals surface area contributed by atoms with Crippen LogP contribution in [0.25, 0.3) is 11.1 Å². The van der Waals surface area contributed by atoms with Crippen LogP contribution in [0.2, 0.25) is 0 Å². The summed E-state index contributed by atoms with van der Waals surface area (Å²) in [5.41, 5.74) is 2.56. The first-order chi connectivity index (χ1) is 11.5. The van der Waals surface area contributed by atoms with Crippen molar-refractivity contribution in [3.8, 4) is 16.9 Å². The highest BCUT2D eigenvalue weighted by Gasteiger charge is 2.15. The lowest BCUT2D eigenvalue weighted by Gasteiger charge is -2.08. The number of anilines is 1. The fourth-order valence-corrected chi connectivity index (χ4v) is 2.29. The average Bonchev–Trinajstić information content (AvgIpc) is 2.57. The SMILES string of the molecule is Cc1ccc(-c2ccc(C(=O)Nc3ncccc3O)c(F)c2)cc1. The molecule has 1 heterocycles. The largest absolute Gasteiger partial charge is 0.504 e. The van der Waals surface area contributed by atoms with Gasteiger partial charge in [-0.2, -0.15) is 0 Å². The number of halogens is 1. The molecule has 0 aliphatic heterocycles. The zero-order valence-corrected chi connectivity index (χ0v) is 13.0. The lowest BCUT2D eigenvalue weighted by Crippen LogP contribution is -2.14. The Morgan fingerprint density at radius 3 is 2.46 bits per heavy atom. The summed E-state index contributed by atoms with van der Waals surface area (Å²) in [7, 11) is 0. The number of amides is 1. The molecule has 2 N–H and O–H groups in total. The number of aromatic hydroxyl groups is 1. The summed E-state index contributed by atoms with van der Waals surface area (Å²) < 4.78 is 14.3. The first kappa shape index (κ1) is 15.7. The molecule has 4 nitrogen and oxygen atoms in total. The van der Waals surface area contributed by atoms with Crippen molar-refractivity contribution < 1.29 is 14.3 Å². The van der Waals surface area contributed by atoms with Crippen molar-refractivity contribution in [3.63, 3.8) is 0 Å². The molecule has 0 fully saturated rings. The molecule has 5 heteroatoms. The molecular formula is C19H15FN2O2. The first-order valence-corrected chi connectivity index (χ1v) is 7.36. The van der Waals surface area contributed by atoms with Crippen molar-refractivity contribution in [1.82, 2.24) is 4.98 Å². The predicted octanol–water partition coefficient (Wildman–Crippen LogP) is 4.15. The van der Waals surface area contributed by atoms with Gasteiger partial charge in [-0.25, -0.2) is 9.37 Å². The summed E-state index contributed by atoms with van der Waals surface area (Å²) in [5.74, 6) is -1.50. The highest BCUT2D eigenvalue weighted by atomic mass is 19.1.